The number of thiazole rings is 1. The maximum Gasteiger partial charge on any atom is 0.360 e. The first-order valence-electron chi connectivity index (χ1n) is 12.1. The van der Waals surface area contributed by atoms with E-state index in [1.807, 2.05) is 73.5 Å². The third kappa shape index (κ3) is 5.85. The molecule has 2 aliphatic rings. The van der Waals surface area contributed by atoms with E-state index in [4.69, 9.17) is 9.57 Å². The van der Waals surface area contributed by atoms with E-state index in [1.54, 1.807) is 11.3 Å². The second-order valence-electron chi connectivity index (χ2n) is 9.07. The lowest BCUT2D eigenvalue weighted by Crippen LogP contribution is -2.56. The molecule has 0 radical (unpaired) electrons. The second-order valence-corrected chi connectivity index (χ2v) is 10.3. The molecule has 1 fully saturated rings. The van der Waals surface area contributed by atoms with Gasteiger partial charge in [0.15, 0.2) is 0 Å². The van der Waals surface area contributed by atoms with Gasteiger partial charge in [0.05, 0.1) is 15.2 Å². The average molecular weight is 510 g/mol. The molecular weight excluding hydrogens is 478 g/mol. The van der Waals surface area contributed by atoms with Crippen molar-refractivity contribution in [3.05, 3.63) is 70.9 Å². The zero-order valence-electron chi connectivity index (χ0n) is 20.5. The highest BCUT2D eigenvalue weighted by atomic mass is 32.1. The summed E-state index contributed by atoms with van der Waals surface area (Å²) in [5, 5.41) is 14.7. The first-order chi connectivity index (χ1) is 17.4. The first kappa shape index (κ1) is 24.7. The molecular formula is C26H31N5O4S. The van der Waals surface area contributed by atoms with Gasteiger partial charge in [-0.1, -0.05) is 30.3 Å². The SMILES string of the molecule is CC1=CC(c2ccccc2)ON1C(=O)NN1CCN(C[C@@H](O)COc2ccc3sc(C)nc3c2)CC1. The number of allylic oxidation sites excluding steroid dienone is 1. The van der Waals surface area contributed by atoms with Crippen molar-refractivity contribution in [2.24, 2.45) is 0 Å². The standard InChI is InChI=1S/C26H31N5O4S/c1-18-14-24(20-6-4-3-5-7-20)35-31(18)26(33)28-30-12-10-29(11-13-30)16-21(32)17-34-22-8-9-25-23(15-22)27-19(2)36-25/h3-9,14-15,21,24,32H,10-13,16-17H2,1-2H3,(H,28,33)/t21-,24?/m1/s1. The Balaban J connectivity index is 1.04. The largest absolute Gasteiger partial charge is 0.491 e. The van der Waals surface area contributed by atoms with Crippen molar-refractivity contribution in [1.29, 1.82) is 0 Å². The number of β-amino-alcohol motifs (C(OH)–C–C–N with tert-alkyl or cyclic N) is 1. The van der Waals surface area contributed by atoms with Crippen molar-refractivity contribution in [3.63, 3.8) is 0 Å². The smallest absolute Gasteiger partial charge is 0.360 e. The van der Waals surface area contributed by atoms with Crippen LogP contribution in [-0.2, 0) is 4.84 Å². The zero-order chi connectivity index (χ0) is 25.1. The number of benzene rings is 2. The zero-order valence-corrected chi connectivity index (χ0v) is 21.3. The number of aliphatic hydroxyl groups is 1. The Morgan fingerprint density at radius 3 is 2.75 bits per heavy atom. The van der Waals surface area contributed by atoms with Crippen LogP contribution in [0.1, 0.15) is 23.6 Å². The summed E-state index contributed by atoms with van der Waals surface area (Å²) in [6.07, 6.45) is 1.05. The van der Waals surface area contributed by atoms with E-state index >= 15 is 0 Å². The Morgan fingerprint density at radius 1 is 1.19 bits per heavy atom. The number of nitrogens with one attached hydrogen (secondary N) is 1. The molecule has 1 unspecified atom stereocenters. The molecule has 3 heterocycles. The lowest BCUT2D eigenvalue weighted by Gasteiger charge is -2.36. The molecule has 0 bridgehead atoms. The molecule has 2 aromatic carbocycles. The van der Waals surface area contributed by atoms with E-state index < -0.39 is 6.10 Å². The van der Waals surface area contributed by atoms with Crippen LogP contribution in [0.3, 0.4) is 0 Å². The first-order valence-corrected chi connectivity index (χ1v) is 12.9. The van der Waals surface area contributed by atoms with Crippen molar-refractivity contribution in [3.8, 4) is 5.75 Å². The number of piperazine rings is 1. The van der Waals surface area contributed by atoms with Crippen LogP contribution < -0.4 is 10.2 Å². The fourth-order valence-corrected chi connectivity index (χ4v) is 5.21. The predicted molar refractivity (Wildman–Crippen MR) is 138 cm³/mol. The fraction of sp³-hybridized carbons (Fsp3) is 0.385. The van der Waals surface area contributed by atoms with Crippen LogP contribution >= 0.6 is 11.3 Å². The van der Waals surface area contributed by atoms with E-state index in [1.165, 1.54) is 5.06 Å². The number of amides is 2. The highest BCUT2D eigenvalue weighted by Gasteiger charge is 2.30. The van der Waals surface area contributed by atoms with Gasteiger partial charge in [-0.05, 0) is 37.6 Å². The Morgan fingerprint density at radius 2 is 1.97 bits per heavy atom. The van der Waals surface area contributed by atoms with Crippen LogP contribution in [0.2, 0.25) is 0 Å². The summed E-state index contributed by atoms with van der Waals surface area (Å²) in [4.78, 5) is 25.3. The van der Waals surface area contributed by atoms with Crippen LogP contribution in [0.15, 0.2) is 60.3 Å². The van der Waals surface area contributed by atoms with Gasteiger partial charge in [0.25, 0.3) is 0 Å². The molecule has 2 aliphatic heterocycles. The predicted octanol–water partition coefficient (Wildman–Crippen LogP) is 3.48. The highest BCUT2D eigenvalue weighted by Crippen LogP contribution is 2.30. The number of aliphatic hydroxyl groups excluding tert-OH is 1. The molecule has 9 nitrogen and oxygen atoms in total. The Bertz CT molecular complexity index is 1230. The summed E-state index contributed by atoms with van der Waals surface area (Å²) < 4.78 is 6.93. The summed E-state index contributed by atoms with van der Waals surface area (Å²) >= 11 is 1.65. The number of aryl methyl sites for hydroxylation is 1. The number of hydrogen-bond donors (Lipinski definition) is 2. The number of carbonyl (C=O) groups is 1. The number of aromatic nitrogens is 1. The molecule has 5 rings (SSSR count). The summed E-state index contributed by atoms with van der Waals surface area (Å²) in [5.41, 5.74) is 5.61. The van der Waals surface area contributed by atoms with Gasteiger partial charge in [0.1, 0.15) is 24.6 Å². The van der Waals surface area contributed by atoms with E-state index in [2.05, 4.69) is 15.3 Å². The van der Waals surface area contributed by atoms with Crippen molar-refractivity contribution in [2.75, 3.05) is 39.3 Å². The maximum absolute atomic E-state index is 12.8. The fourth-order valence-electron chi connectivity index (χ4n) is 4.40. The number of ether oxygens (including phenoxy) is 1. The van der Waals surface area contributed by atoms with Crippen LogP contribution in [0.5, 0.6) is 5.75 Å². The third-order valence-electron chi connectivity index (χ3n) is 6.25. The Hall–Kier alpha value is -3.02. The molecule has 0 aliphatic carbocycles. The second kappa shape index (κ2) is 10.9. The van der Waals surface area contributed by atoms with Crippen LogP contribution in [0, 0.1) is 6.92 Å². The number of hydrogen-bond acceptors (Lipinski definition) is 8. The van der Waals surface area contributed by atoms with E-state index in [0.29, 0.717) is 25.4 Å². The van der Waals surface area contributed by atoms with Gasteiger partial charge in [0.2, 0.25) is 0 Å². The van der Waals surface area contributed by atoms with Crippen LogP contribution in [0.4, 0.5) is 4.79 Å². The molecule has 190 valence electrons. The molecule has 0 spiro atoms. The third-order valence-corrected chi connectivity index (χ3v) is 7.20. The van der Waals surface area contributed by atoms with E-state index in [0.717, 1.165) is 39.6 Å². The van der Waals surface area contributed by atoms with Gasteiger partial charge < -0.3 is 9.84 Å². The van der Waals surface area contributed by atoms with Gasteiger partial charge in [-0.15, -0.1) is 11.3 Å². The van der Waals surface area contributed by atoms with Crippen LogP contribution in [0.25, 0.3) is 10.2 Å². The van der Waals surface area contributed by atoms with Gasteiger partial charge in [0, 0.05) is 44.5 Å². The molecule has 3 aromatic rings. The van der Waals surface area contributed by atoms with Gasteiger partial charge >= 0.3 is 6.03 Å². The molecule has 2 amide bonds. The van der Waals surface area contributed by atoms with E-state index in [-0.39, 0.29) is 18.7 Å². The Labute approximate surface area is 214 Å². The number of hydroxylamine groups is 2. The average Bonchev–Trinajstić information content (AvgIpc) is 3.45. The lowest BCUT2D eigenvalue weighted by molar-refractivity contribution is -0.105. The number of urea groups is 1. The van der Waals surface area contributed by atoms with Gasteiger partial charge in [-0.3, -0.25) is 15.2 Å². The molecule has 2 N–H and O–H groups in total. The van der Waals surface area contributed by atoms with Crippen molar-refractivity contribution in [2.45, 2.75) is 26.1 Å². The normalized spacial score (nSPS) is 19.9. The summed E-state index contributed by atoms with van der Waals surface area (Å²) in [5.74, 6) is 0.711. The number of nitrogens with zero attached hydrogens (tertiary/aromatic N) is 4. The van der Waals surface area contributed by atoms with Gasteiger partial charge in [-0.2, -0.15) is 5.06 Å². The number of hydrazine groups is 1. The number of fused-ring (bicyclic) bond motifs is 1. The molecule has 0 saturated carbocycles. The molecule has 2 atom stereocenters. The Kier molecular flexibility index (Phi) is 7.49. The minimum atomic E-state index is -0.611. The van der Waals surface area contributed by atoms with Gasteiger partial charge in [-0.25, -0.2) is 14.8 Å². The number of carbonyl (C=O) groups excluding carboxylic acids is 1. The quantitative estimate of drug-likeness (QED) is 0.504. The minimum Gasteiger partial charge on any atom is -0.491 e. The summed E-state index contributed by atoms with van der Waals surface area (Å²) in [7, 11) is 0. The molecule has 1 aromatic heterocycles. The number of rotatable bonds is 7. The van der Waals surface area contributed by atoms with Crippen LogP contribution in [-0.4, -0.2) is 76.5 Å². The minimum absolute atomic E-state index is 0.214. The summed E-state index contributed by atoms with van der Waals surface area (Å²) in [6.45, 7) is 7.32. The highest BCUT2D eigenvalue weighted by molar-refractivity contribution is 7.18. The van der Waals surface area contributed by atoms with Crippen molar-refractivity contribution >= 4 is 27.6 Å². The lowest BCUT2D eigenvalue weighted by atomic mass is 10.1. The summed E-state index contributed by atoms with van der Waals surface area (Å²) in [6, 6.07) is 15.3. The molecule has 36 heavy (non-hydrogen) atoms. The van der Waals surface area contributed by atoms with Crippen molar-refractivity contribution in [1.82, 2.24) is 25.4 Å². The topological polar surface area (TPSA) is 90.4 Å². The molecule has 10 heteroatoms. The van der Waals surface area contributed by atoms with E-state index in [9.17, 15) is 9.90 Å². The monoisotopic (exact) mass is 509 g/mol. The van der Waals surface area contributed by atoms with Crippen molar-refractivity contribution < 1.29 is 19.5 Å². The maximum atomic E-state index is 12.8. The molecule has 1 saturated heterocycles.